The molecular formula is C22H25ClO9. The zero-order valence-corrected chi connectivity index (χ0v) is 18.3. The predicted octanol–water partition coefficient (Wildman–Crippen LogP) is 1.54. The summed E-state index contributed by atoms with van der Waals surface area (Å²) in [5, 5.41) is 29.8. The topological polar surface area (TPSA) is 124 Å². The number of carbonyl (C=O) groups is 1. The molecule has 0 radical (unpaired) electrons. The number of carbonyl (C=O) groups excluding carboxylic acids is 1. The Morgan fingerprint density at radius 1 is 1.12 bits per heavy atom. The number of hydrogen-bond donors (Lipinski definition) is 3. The van der Waals surface area contributed by atoms with E-state index in [1.165, 1.54) is 26.4 Å². The van der Waals surface area contributed by atoms with Gasteiger partial charge >= 0.3 is 5.97 Å². The van der Waals surface area contributed by atoms with Crippen LogP contribution in [-0.4, -0.2) is 72.8 Å². The zero-order valence-electron chi connectivity index (χ0n) is 17.5. The summed E-state index contributed by atoms with van der Waals surface area (Å²) in [6.45, 7) is -0.304. The first-order valence-electron chi connectivity index (χ1n) is 9.80. The average molecular weight is 469 g/mol. The standard InChI is InChI=1S/C22H25ClO9/c1-28-15-9-13(8-14(23)19(15)30-11-12-6-4-3-5-7-12)21(27)32-20-18(26)17(25)16(10-24)31-22(20)29-2/h3-9,16-18,20,22,24-26H,10-11H2,1-2H3/t16-,17-,18+,20-,22+/m1/s1. The first-order chi connectivity index (χ1) is 15.4. The smallest absolute Gasteiger partial charge is 0.338 e. The van der Waals surface area contributed by atoms with Crippen LogP contribution in [0.25, 0.3) is 0 Å². The lowest BCUT2D eigenvalue weighted by molar-refractivity contribution is -0.293. The van der Waals surface area contributed by atoms with Crippen LogP contribution in [0.2, 0.25) is 5.02 Å². The van der Waals surface area contributed by atoms with E-state index in [0.717, 1.165) is 5.56 Å². The SMILES string of the molecule is COc1cc(C(=O)O[C@H]2[C@@H](OC)O[C@H](CO)[C@@H](O)[C@@H]2O)cc(Cl)c1OCc1ccccc1. The van der Waals surface area contributed by atoms with E-state index >= 15 is 0 Å². The van der Waals surface area contributed by atoms with Crippen molar-refractivity contribution in [3.8, 4) is 11.5 Å². The molecule has 0 saturated carbocycles. The van der Waals surface area contributed by atoms with Gasteiger partial charge in [-0.05, 0) is 17.7 Å². The number of esters is 1. The molecule has 0 aliphatic carbocycles. The van der Waals surface area contributed by atoms with Crippen LogP contribution in [0.15, 0.2) is 42.5 Å². The Morgan fingerprint density at radius 3 is 2.47 bits per heavy atom. The van der Waals surface area contributed by atoms with Gasteiger partial charge in [-0.25, -0.2) is 4.79 Å². The van der Waals surface area contributed by atoms with E-state index in [-0.39, 0.29) is 28.7 Å². The minimum Gasteiger partial charge on any atom is -0.493 e. The lowest BCUT2D eigenvalue weighted by Gasteiger charge is -2.40. The molecule has 0 bridgehead atoms. The van der Waals surface area contributed by atoms with Crippen LogP contribution in [0.3, 0.4) is 0 Å². The Morgan fingerprint density at radius 2 is 1.84 bits per heavy atom. The van der Waals surface area contributed by atoms with Gasteiger partial charge in [0, 0.05) is 7.11 Å². The molecule has 174 valence electrons. The highest BCUT2D eigenvalue weighted by Gasteiger charge is 2.47. The zero-order chi connectivity index (χ0) is 23.3. The third-order valence-electron chi connectivity index (χ3n) is 4.99. The van der Waals surface area contributed by atoms with Gasteiger partial charge in [0.15, 0.2) is 23.9 Å². The molecule has 0 unspecified atom stereocenters. The van der Waals surface area contributed by atoms with Gasteiger partial charge in [-0.15, -0.1) is 0 Å². The lowest BCUT2D eigenvalue weighted by atomic mass is 9.99. The molecule has 9 nitrogen and oxygen atoms in total. The summed E-state index contributed by atoms with van der Waals surface area (Å²) in [6, 6.07) is 12.2. The number of rotatable bonds is 8. The fraction of sp³-hybridized carbons (Fsp3) is 0.409. The maximum absolute atomic E-state index is 12.8. The first kappa shape index (κ1) is 24.2. The van der Waals surface area contributed by atoms with E-state index in [0.29, 0.717) is 0 Å². The van der Waals surface area contributed by atoms with Gasteiger partial charge in [0.25, 0.3) is 0 Å². The second-order valence-electron chi connectivity index (χ2n) is 7.08. The van der Waals surface area contributed by atoms with Gasteiger partial charge in [-0.2, -0.15) is 0 Å². The van der Waals surface area contributed by atoms with E-state index in [1.807, 2.05) is 30.3 Å². The molecule has 2 aromatic rings. The number of benzene rings is 2. The Balaban J connectivity index is 1.77. The van der Waals surface area contributed by atoms with Crippen molar-refractivity contribution in [3.05, 3.63) is 58.6 Å². The molecule has 2 aromatic carbocycles. The summed E-state index contributed by atoms with van der Waals surface area (Å²) in [5.74, 6) is -0.389. The summed E-state index contributed by atoms with van der Waals surface area (Å²) in [6.07, 6.45) is -6.64. The predicted molar refractivity (Wildman–Crippen MR) is 113 cm³/mol. The van der Waals surface area contributed by atoms with E-state index in [2.05, 4.69) is 0 Å². The highest BCUT2D eigenvalue weighted by molar-refractivity contribution is 6.32. The second-order valence-corrected chi connectivity index (χ2v) is 7.48. The molecule has 1 fully saturated rings. The highest BCUT2D eigenvalue weighted by atomic mass is 35.5. The average Bonchev–Trinajstić information content (AvgIpc) is 2.81. The Kier molecular flexibility index (Phi) is 8.30. The van der Waals surface area contributed by atoms with Crippen molar-refractivity contribution < 1.29 is 43.8 Å². The van der Waals surface area contributed by atoms with E-state index in [4.69, 9.17) is 35.3 Å². The van der Waals surface area contributed by atoms with E-state index < -0.39 is 43.3 Å². The van der Waals surface area contributed by atoms with Crippen molar-refractivity contribution in [2.45, 2.75) is 37.3 Å². The largest absolute Gasteiger partial charge is 0.493 e. The highest BCUT2D eigenvalue weighted by Crippen LogP contribution is 2.37. The molecular weight excluding hydrogens is 444 g/mol. The molecule has 1 saturated heterocycles. The number of aliphatic hydroxyl groups is 3. The monoisotopic (exact) mass is 468 g/mol. The molecule has 3 N–H and O–H groups in total. The third-order valence-corrected chi connectivity index (χ3v) is 5.27. The number of hydrogen-bond acceptors (Lipinski definition) is 9. The molecule has 0 aromatic heterocycles. The minimum atomic E-state index is -1.54. The molecule has 0 spiro atoms. The van der Waals surface area contributed by atoms with Crippen LogP contribution in [0.1, 0.15) is 15.9 Å². The van der Waals surface area contributed by atoms with Crippen molar-refractivity contribution in [2.75, 3.05) is 20.8 Å². The van der Waals surface area contributed by atoms with Crippen molar-refractivity contribution in [3.63, 3.8) is 0 Å². The number of aliphatic hydroxyl groups excluding tert-OH is 3. The molecule has 10 heteroatoms. The van der Waals surface area contributed by atoms with Gasteiger partial charge in [0.05, 0.1) is 24.3 Å². The molecule has 1 aliphatic rings. The molecule has 5 atom stereocenters. The van der Waals surface area contributed by atoms with Gasteiger partial charge in [-0.1, -0.05) is 41.9 Å². The van der Waals surface area contributed by atoms with Gasteiger partial charge in [0.1, 0.15) is 24.9 Å². The van der Waals surface area contributed by atoms with Gasteiger partial charge < -0.3 is 39.0 Å². The number of methoxy groups -OCH3 is 2. The van der Waals surface area contributed by atoms with Crippen LogP contribution in [-0.2, 0) is 20.8 Å². The quantitative estimate of drug-likeness (QED) is 0.495. The normalized spacial score (nSPS) is 25.2. The fourth-order valence-electron chi connectivity index (χ4n) is 3.27. The van der Waals surface area contributed by atoms with Crippen LogP contribution in [0, 0.1) is 0 Å². The Hall–Kier alpha value is -2.40. The van der Waals surface area contributed by atoms with Crippen molar-refractivity contribution in [1.82, 2.24) is 0 Å². The minimum absolute atomic E-state index is 0.0275. The lowest BCUT2D eigenvalue weighted by Crippen LogP contribution is -2.60. The number of ether oxygens (including phenoxy) is 5. The van der Waals surface area contributed by atoms with E-state index in [9.17, 15) is 20.1 Å². The fourth-order valence-corrected chi connectivity index (χ4v) is 3.54. The third kappa shape index (κ3) is 5.32. The van der Waals surface area contributed by atoms with Crippen LogP contribution in [0.5, 0.6) is 11.5 Å². The van der Waals surface area contributed by atoms with Crippen molar-refractivity contribution in [2.24, 2.45) is 0 Å². The van der Waals surface area contributed by atoms with Gasteiger partial charge in [-0.3, -0.25) is 0 Å². The van der Waals surface area contributed by atoms with Crippen LogP contribution in [0.4, 0.5) is 0 Å². The molecule has 1 aliphatic heterocycles. The summed E-state index contributed by atoms with van der Waals surface area (Å²) in [7, 11) is 2.68. The summed E-state index contributed by atoms with van der Waals surface area (Å²) in [4.78, 5) is 12.8. The maximum Gasteiger partial charge on any atom is 0.338 e. The summed E-state index contributed by atoms with van der Waals surface area (Å²) >= 11 is 6.33. The van der Waals surface area contributed by atoms with Gasteiger partial charge in [0.2, 0.25) is 0 Å². The van der Waals surface area contributed by atoms with Crippen molar-refractivity contribution in [1.29, 1.82) is 0 Å². The van der Waals surface area contributed by atoms with Crippen LogP contribution >= 0.6 is 11.6 Å². The number of halogens is 1. The molecule has 1 heterocycles. The second kappa shape index (κ2) is 11.0. The first-order valence-corrected chi connectivity index (χ1v) is 10.2. The summed E-state index contributed by atoms with van der Waals surface area (Å²) < 4.78 is 26.9. The molecule has 3 rings (SSSR count). The van der Waals surface area contributed by atoms with E-state index in [1.54, 1.807) is 0 Å². The Bertz CT molecular complexity index is 906. The molecule has 32 heavy (non-hydrogen) atoms. The summed E-state index contributed by atoms with van der Waals surface area (Å²) in [5.41, 5.74) is 0.950. The maximum atomic E-state index is 12.8. The van der Waals surface area contributed by atoms with Crippen molar-refractivity contribution >= 4 is 17.6 Å². The van der Waals surface area contributed by atoms with Crippen LogP contribution < -0.4 is 9.47 Å². The Labute approximate surface area is 190 Å². The molecule has 0 amide bonds.